The molecule has 0 saturated heterocycles. The molecule has 0 aliphatic rings. The molecule has 2 aromatic carbocycles. The average molecular weight is 335 g/mol. The van der Waals surface area contributed by atoms with Gasteiger partial charge in [-0.25, -0.2) is 5.48 Å². The molecule has 0 aliphatic carbocycles. The Morgan fingerprint density at radius 2 is 1.80 bits per heavy atom. The summed E-state index contributed by atoms with van der Waals surface area (Å²) in [5.41, 5.74) is 4.42. The van der Waals surface area contributed by atoms with Crippen LogP contribution in [0.4, 0.5) is 5.69 Å². The number of anilines is 1. The zero-order chi connectivity index (χ0) is 17.6. The Kier molecular flexibility index (Phi) is 5.01. The summed E-state index contributed by atoms with van der Waals surface area (Å²) in [6, 6.07) is 16.3. The molecule has 6 nitrogen and oxygen atoms in total. The topological polar surface area (TPSA) is 91.3 Å². The number of hydrogen-bond donors (Lipinski definition) is 3. The highest BCUT2D eigenvalue weighted by Crippen LogP contribution is 2.16. The Morgan fingerprint density at radius 3 is 2.56 bits per heavy atom. The van der Waals surface area contributed by atoms with Crippen LogP contribution in [0.25, 0.3) is 10.9 Å². The summed E-state index contributed by atoms with van der Waals surface area (Å²) in [4.78, 5) is 27.7. The molecular weight excluding hydrogens is 318 g/mol. The molecule has 6 heteroatoms. The first-order valence-corrected chi connectivity index (χ1v) is 7.84. The van der Waals surface area contributed by atoms with Crippen LogP contribution in [0.1, 0.15) is 22.3 Å². The second-order valence-corrected chi connectivity index (χ2v) is 5.60. The zero-order valence-electron chi connectivity index (χ0n) is 13.4. The minimum Gasteiger partial charge on any atom is -0.325 e. The molecule has 0 aliphatic heterocycles. The summed E-state index contributed by atoms with van der Waals surface area (Å²) >= 11 is 0. The number of benzene rings is 2. The summed E-state index contributed by atoms with van der Waals surface area (Å²) in [5.74, 6) is -0.664. The SMILES string of the molecule is O=C(CCc1ccc(C(=O)NO)cc1)Nc1cnc2ccccc2c1. The third kappa shape index (κ3) is 4.19. The van der Waals surface area contributed by atoms with Crippen molar-refractivity contribution in [1.82, 2.24) is 10.5 Å². The fraction of sp³-hybridized carbons (Fsp3) is 0.105. The van der Waals surface area contributed by atoms with Gasteiger partial charge < -0.3 is 5.32 Å². The summed E-state index contributed by atoms with van der Waals surface area (Å²) in [6.07, 6.45) is 2.51. The van der Waals surface area contributed by atoms with Gasteiger partial charge in [-0.3, -0.25) is 19.8 Å². The second kappa shape index (κ2) is 7.55. The Labute approximate surface area is 144 Å². The summed E-state index contributed by atoms with van der Waals surface area (Å²) in [7, 11) is 0. The highest BCUT2D eigenvalue weighted by Gasteiger charge is 2.06. The molecule has 126 valence electrons. The fourth-order valence-corrected chi connectivity index (χ4v) is 2.51. The van der Waals surface area contributed by atoms with Crippen molar-refractivity contribution in [2.45, 2.75) is 12.8 Å². The summed E-state index contributed by atoms with van der Waals surface area (Å²) < 4.78 is 0. The van der Waals surface area contributed by atoms with Gasteiger partial charge in [0.1, 0.15) is 0 Å². The summed E-state index contributed by atoms with van der Waals surface area (Å²) in [5, 5.41) is 12.4. The molecule has 0 fully saturated rings. The van der Waals surface area contributed by atoms with Crippen LogP contribution in [0, 0.1) is 0 Å². The smallest absolute Gasteiger partial charge is 0.274 e. The van der Waals surface area contributed by atoms with Gasteiger partial charge in [-0.15, -0.1) is 0 Å². The molecular formula is C19H17N3O3. The van der Waals surface area contributed by atoms with E-state index < -0.39 is 5.91 Å². The quantitative estimate of drug-likeness (QED) is 0.494. The number of amides is 2. The number of fused-ring (bicyclic) bond motifs is 1. The lowest BCUT2D eigenvalue weighted by molar-refractivity contribution is -0.116. The molecule has 3 N–H and O–H groups in total. The number of nitrogens with one attached hydrogen (secondary N) is 2. The number of nitrogens with zero attached hydrogens (tertiary/aromatic N) is 1. The Balaban J connectivity index is 1.57. The number of pyridine rings is 1. The van der Waals surface area contributed by atoms with E-state index in [0.29, 0.717) is 24.1 Å². The van der Waals surface area contributed by atoms with Crippen molar-refractivity contribution in [2.24, 2.45) is 0 Å². The Morgan fingerprint density at radius 1 is 1.04 bits per heavy atom. The third-order valence-electron chi connectivity index (χ3n) is 3.83. The molecule has 1 aromatic heterocycles. The van der Waals surface area contributed by atoms with Crippen LogP contribution >= 0.6 is 0 Å². The molecule has 3 aromatic rings. The van der Waals surface area contributed by atoms with E-state index in [-0.39, 0.29) is 5.91 Å². The van der Waals surface area contributed by atoms with Crippen LogP contribution in [0.5, 0.6) is 0 Å². The van der Waals surface area contributed by atoms with Gasteiger partial charge in [0.2, 0.25) is 5.91 Å². The highest BCUT2D eigenvalue weighted by atomic mass is 16.5. The molecule has 0 radical (unpaired) electrons. The van der Waals surface area contributed by atoms with Gasteiger partial charge in [-0.1, -0.05) is 30.3 Å². The van der Waals surface area contributed by atoms with Crippen molar-refractivity contribution in [2.75, 3.05) is 5.32 Å². The van der Waals surface area contributed by atoms with E-state index in [2.05, 4.69) is 10.3 Å². The van der Waals surface area contributed by atoms with Gasteiger partial charge in [0.25, 0.3) is 5.91 Å². The number of rotatable bonds is 5. The molecule has 25 heavy (non-hydrogen) atoms. The first kappa shape index (κ1) is 16.6. The van der Waals surface area contributed by atoms with E-state index in [0.717, 1.165) is 16.5 Å². The van der Waals surface area contributed by atoms with Crippen LogP contribution < -0.4 is 10.8 Å². The number of aromatic nitrogens is 1. The van der Waals surface area contributed by atoms with Gasteiger partial charge in [0.05, 0.1) is 17.4 Å². The van der Waals surface area contributed by atoms with Crippen molar-refractivity contribution >= 4 is 28.4 Å². The normalized spacial score (nSPS) is 10.4. The zero-order valence-corrected chi connectivity index (χ0v) is 13.4. The van der Waals surface area contributed by atoms with Gasteiger partial charge in [0.15, 0.2) is 0 Å². The van der Waals surface area contributed by atoms with Crippen LogP contribution in [-0.2, 0) is 11.2 Å². The van der Waals surface area contributed by atoms with Crippen molar-refractivity contribution in [3.8, 4) is 0 Å². The van der Waals surface area contributed by atoms with Gasteiger partial charge in [-0.05, 0) is 36.2 Å². The molecule has 3 rings (SSSR count). The molecule has 0 unspecified atom stereocenters. The summed E-state index contributed by atoms with van der Waals surface area (Å²) in [6.45, 7) is 0. The fourth-order valence-electron chi connectivity index (χ4n) is 2.51. The molecule has 0 atom stereocenters. The molecule has 1 heterocycles. The maximum atomic E-state index is 12.1. The maximum absolute atomic E-state index is 12.1. The number of aryl methyl sites for hydroxylation is 1. The van der Waals surface area contributed by atoms with Crippen molar-refractivity contribution < 1.29 is 14.8 Å². The lowest BCUT2D eigenvalue weighted by Crippen LogP contribution is -2.18. The van der Waals surface area contributed by atoms with Gasteiger partial charge in [0, 0.05) is 17.4 Å². The standard InChI is InChI=1S/C19H17N3O3/c23-18(10-7-13-5-8-14(9-6-13)19(24)22-25)21-16-11-15-3-1-2-4-17(15)20-12-16/h1-6,8-9,11-12,25H,7,10H2,(H,21,23)(H,22,24). The van der Waals surface area contributed by atoms with Crippen molar-refractivity contribution in [3.05, 3.63) is 71.9 Å². The van der Waals surface area contributed by atoms with E-state index in [1.54, 1.807) is 35.9 Å². The van der Waals surface area contributed by atoms with Gasteiger partial charge in [-0.2, -0.15) is 0 Å². The number of para-hydroxylation sites is 1. The van der Waals surface area contributed by atoms with E-state index in [1.807, 2.05) is 30.3 Å². The van der Waals surface area contributed by atoms with E-state index >= 15 is 0 Å². The predicted octanol–water partition coefficient (Wildman–Crippen LogP) is 2.93. The lowest BCUT2D eigenvalue weighted by atomic mass is 10.1. The maximum Gasteiger partial charge on any atom is 0.274 e. The Bertz CT molecular complexity index is 907. The first-order chi connectivity index (χ1) is 12.2. The van der Waals surface area contributed by atoms with Crippen LogP contribution in [0.3, 0.4) is 0 Å². The minimum atomic E-state index is -0.562. The second-order valence-electron chi connectivity index (χ2n) is 5.60. The molecule has 2 amide bonds. The number of hydroxylamine groups is 1. The monoisotopic (exact) mass is 335 g/mol. The van der Waals surface area contributed by atoms with Crippen molar-refractivity contribution in [3.63, 3.8) is 0 Å². The number of hydrogen-bond acceptors (Lipinski definition) is 4. The van der Waals surface area contributed by atoms with Gasteiger partial charge >= 0.3 is 0 Å². The third-order valence-corrected chi connectivity index (χ3v) is 3.83. The van der Waals surface area contributed by atoms with Crippen LogP contribution in [0.2, 0.25) is 0 Å². The number of carbonyl (C=O) groups is 2. The van der Waals surface area contributed by atoms with Crippen LogP contribution in [-0.4, -0.2) is 22.0 Å². The van der Waals surface area contributed by atoms with E-state index in [9.17, 15) is 9.59 Å². The van der Waals surface area contributed by atoms with Crippen molar-refractivity contribution in [1.29, 1.82) is 0 Å². The Hall–Kier alpha value is -3.25. The largest absolute Gasteiger partial charge is 0.325 e. The van der Waals surface area contributed by atoms with E-state index in [1.165, 1.54) is 0 Å². The minimum absolute atomic E-state index is 0.103. The highest BCUT2D eigenvalue weighted by molar-refractivity contribution is 5.94. The molecule has 0 spiro atoms. The van der Waals surface area contributed by atoms with Crippen LogP contribution in [0.15, 0.2) is 60.8 Å². The molecule has 0 bridgehead atoms. The average Bonchev–Trinajstić information content (AvgIpc) is 2.66. The van der Waals surface area contributed by atoms with E-state index in [4.69, 9.17) is 5.21 Å². The first-order valence-electron chi connectivity index (χ1n) is 7.84. The lowest BCUT2D eigenvalue weighted by Gasteiger charge is -2.07. The number of carbonyl (C=O) groups excluding carboxylic acids is 2. The molecule has 0 saturated carbocycles. The predicted molar refractivity (Wildman–Crippen MR) is 94.4 cm³/mol.